The minimum absolute atomic E-state index is 0.00458. The Labute approximate surface area is 149 Å². The van der Waals surface area contributed by atoms with E-state index < -0.39 is 25.1 Å². The van der Waals surface area contributed by atoms with Gasteiger partial charge in [-0.2, -0.15) is 8.78 Å². The second-order valence-electron chi connectivity index (χ2n) is 5.78. The largest absolute Gasteiger partial charge is 0.455 e. The summed E-state index contributed by atoms with van der Waals surface area (Å²) in [5.74, 6) is -1.03. The van der Waals surface area contributed by atoms with E-state index in [4.69, 9.17) is 4.74 Å². The molecular formula is C19H19F2NO4. The van der Waals surface area contributed by atoms with Gasteiger partial charge in [-0.3, -0.25) is 9.59 Å². The van der Waals surface area contributed by atoms with Crippen LogP contribution in [0.4, 0.5) is 14.5 Å². The van der Waals surface area contributed by atoms with Crippen molar-refractivity contribution >= 4 is 17.6 Å². The predicted octanol–water partition coefficient (Wildman–Crippen LogP) is 3.63. The molecule has 0 aliphatic heterocycles. The summed E-state index contributed by atoms with van der Waals surface area (Å²) in [5.41, 5.74) is 3.22. The molecule has 0 bridgehead atoms. The Morgan fingerprint density at radius 2 is 1.65 bits per heavy atom. The molecule has 2 aromatic rings. The van der Waals surface area contributed by atoms with Crippen molar-refractivity contribution in [3.8, 4) is 5.75 Å². The van der Waals surface area contributed by atoms with Gasteiger partial charge in [0.25, 0.3) is 5.91 Å². The highest BCUT2D eigenvalue weighted by atomic mass is 19.3. The van der Waals surface area contributed by atoms with Gasteiger partial charge < -0.3 is 14.8 Å². The van der Waals surface area contributed by atoms with Crippen LogP contribution in [0.15, 0.2) is 42.5 Å². The van der Waals surface area contributed by atoms with Crippen LogP contribution in [0, 0.1) is 13.8 Å². The van der Waals surface area contributed by atoms with Crippen molar-refractivity contribution in [3.63, 3.8) is 0 Å². The summed E-state index contributed by atoms with van der Waals surface area (Å²) in [5, 5.41) is 2.66. The quantitative estimate of drug-likeness (QED) is 0.763. The lowest BCUT2D eigenvalue weighted by molar-refractivity contribution is -0.146. The highest BCUT2D eigenvalue weighted by molar-refractivity contribution is 5.93. The zero-order valence-corrected chi connectivity index (χ0v) is 14.4. The zero-order chi connectivity index (χ0) is 19.1. The summed E-state index contributed by atoms with van der Waals surface area (Å²) >= 11 is 0. The number of benzene rings is 2. The Kier molecular flexibility index (Phi) is 6.66. The fourth-order valence-electron chi connectivity index (χ4n) is 2.40. The topological polar surface area (TPSA) is 64.6 Å². The zero-order valence-electron chi connectivity index (χ0n) is 14.4. The van der Waals surface area contributed by atoms with Gasteiger partial charge in [0.05, 0.1) is 6.42 Å². The summed E-state index contributed by atoms with van der Waals surface area (Å²) in [6.07, 6.45) is -0.0776. The first-order valence-corrected chi connectivity index (χ1v) is 7.89. The Morgan fingerprint density at radius 1 is 1.04 bits per heavy atom. The van der Waals surface area contributed by atoms with E-state index in [1.165, 1.54) is 24.3 Å². The second kappa shape index (κ2) is 8.94. The average molecular weight is 363 g/mol. The molecular weight excluding hydrogens is 344 g/mol. The maximum atomic E-state index is 12.1. The second-order valence-corrected chi connectivity index (χ2v) is 5.78. The third-order valence-corrected chi connectivity index (χ3v) is 3.37. The Bertz CT molecular complexity index is 755. The molecule has 0 heterocycles. The molecule has 0 unspecified atom stereocenters. The number of carbonyl (C=O) groups is 2. The lowest BCUT2D eigenvalue weighted by Crippen LogP contribution is -2.21. The number of anilines is 1. The van der Waals surface area contributed by atoms with Gasteiger partial charge in [0.15, 0.2) is 6.61 Å². The van der Waals surface area contributed by atoms with Crippen LogP contribution in [-0.4, -0.2) is 25.1 Å². The lowest BCUT2D eigenvalue weighted by Gasteiger charge is -2.09. The van der Waals surface area contributed by atoms with E-state index in [1.807, 2.05) is 32.0 Å². The van der Waals surface area contributed by atoms with Gasteiger partial charge in [0, 0.05) is 5.69 Å². The molecule has 0 saturated carbocycles. The SMILES string of the molecule is Cc1cc(C)cc(NC(=O)COC(=O)Cc2ccc(OC(F)F)cc2)c1. The highest BCUT2D eigenvalue weighted by Crippen LogP contribution is 2.16. The Hall–Kier alpha value is -2.96. The number of halogens is 2. The van der Waals surface area contributed by atoms with Crippen LogP contribution in [0.3, 0.4) is 0 Å². The summed E-state index contributed by atoms with van der Waals surface area (Å²) in [4.78, 5) is 23.7. The summed E-state index contributed by atoms with van der Waals surface area (Å²) < 4.78 is 33.3. The predicted molar refractivity (Wildman–Crippen MR) is 92.3 cm³/mol. The van der Waals surface area contributed by atoms with Crippen molar-refractivity contribution in [1.29, 1.82) is 0 Å². The van der Waals surface area contributed by atoms with E-state index in [-0.39, 0.29) is 12.2 Å². The van der Waals surface area contributed by atoms with E-state index in [9.17, 15) is 18.4 Å². The van der Waals surface area contributed by atoms with Crippen LogP contribution in [0.1, 0.15) is 16.7 Å². The molecule has 5 nitrogen and oxygen atoms in total. The van der Waals surface area contributed by atoms with Gasteiger partial charge in [-0.15, -0.1) is 0 Å². The number of hydrogen-bond donors (Lipinski definition) is 1. The molecule has 0 atom stereocenters. The number of ether oxygens (including phenoxy) is 2. The van der Waals surface area contributed by atoms with Gasteiger partial charge >= 0.3 is 12.6 Å². The Morgan fingerprint density at radius 3 is 2.23 bits per heavy atom. The maximum Gasteiger partial charge on any atom is 0.387 e. The van der Waals surface area contributed by atoms with Crippen molar-refractivity contribution in [1.82, 2.24) is 0 Å². The van der Waals surface area contributed by atoms with Gasteiger partial charge in [-0.1, -0.05) is 18.2 Å². The van der Waals surface area contributed by atoms with Crippen LogP contribution in [-0.2, 0) is 20.7 Å². The molecule has 2 aromatic carbocycles. The third-order valence-electron chi connectivity index (χ3n) is 3.37. The number of amides is 1. The summed E-state index contributed by atoms with van der Waals surface area (Å²) in [7, 11) is 0. The van der Waals surface area contributed by atoms with E-state index >= 15 is 0 Å². The van der Waals surface area contributed by atoms with Crippen molar-refractivity contribution in [3.05, 3.63) is 59.2 Å². The molecule has 0 aliphatic carbocycles. The third kappa shape index (κ3) is 6.51. The molecule has 0 saturated heterocycles. The van der Waals surface area contributed by atoms with Gasteiger partial charge in [0.1, 0.15) is 5.75 Å². The standard InChI is InChI=1S/C19H19F2NO4/c1-12-7-13(2)9-15(8-12)22-17(23)11-25-18(24)10-14-3-5-16(6-4-14)26-19(20)21/h3-9,19H,10-11H2,1-2H3,(H,22,23). The van der Waals surface area contributed by atoms with Crippen LogP contribution >= 0.6 is 0 Å². The smallest absolute Gasteiger partial charge is 0.387 e. The van der Waals surface area contributed by atoms with Gasteiger partial charge in [-0.25, -0.2) is 0 Å². The molecule has 7 heteroatoms. The first-order valence-electron chi connectivity index (χ1n) is 7.89. The average Bonchev–Trinajstić information content (AvgIpc) is 2.53. The molecule has 1 N–H and O–H groups in total. The molecule has 0 aliphatic rings. The number of carbonyl (C=O) groups excluding carboxylic acids is 2. The molecule has 0 radical (unpaired) electrons. The minimum atomic E-state index is -2.90. The van der Waals surface area contributed by atoms with Crippen molar-refractivity contribution in [2.24, 2.45) is 0 Å². The molecule has 1 amide bonds. The number of alkyl halides is 2. The number of aryl methyl sites for hydroxylation is 2. The number of nitrogens with one attached hydrogen (secondary N) is 1. The normalized spacial score (nSPS) is 10.5. The molecule has 26 heavy (non-hydrogen) atoms. The summed E-state index contributed by atoms with van der Waals surface area (Å²) in [6.45, 7) is 0.528. The lowest BCUT2D eigenvalue weighted by atomic mass is 10.1. The first kappa shape index (κ1) is 19.4. The van der Waals surface area contributed by atoms with Gasteiger partial charge in [-0.05, 0) is 54.8 Å². The fraction of sp³-hybridized carbons (Fsp3) is 0.263. The Balaban J connectivity index is 1.79. The molecule has 0 aromatic heterocycles. The van der Waals surface area contributed by atoms with E-state index in [0.29, 0.717) is 11.3 Å². The summed E-state index contributed by atoms with van der Waals surface area (Å²) in [6, 6.07) is 11.2. The van der Waals surface area contributed by atoms with E-state index in [1.54, 1.807) is 0 Å². The minimum Gasteiger partial charge on any atom is -0.455 e. The van der Waals surface area contributed by atoms with Crippen molar-refractivity contribution < 1.29 is 27.8 Å². The van der Waals surface area contributed by atoms with Crippen molar-refractivity contribution in [2.45, 2.75) is 26.9 Å². The van der Waals surface area contributed by atoms with Crippen LogP contribution in [0.25, 0.3) is 0 Å². The molecule has 2 rings (SSSR count). The number of hydrogen-bond acceptors (Lipinski definition) is 4. The highest BCUT2D eigenvalue weighted by Gasteiger charge is 2.10. The van der Waals surface area contributed by atoms with Crippen LogP contribution in [0.2, 0.25) is 0 Å². The fourth-order valence-corrected chi connectivity index (χ4v) is 2.40. The van der Waals surface area contributed by atoms with Crippen LogP contribution in [0.5, 0.6) is 5.75 Å². The van der Waals surface area contributed by atoms with E-state index in [0.717, 1.165) is 11.1 Å². The first-order chi connectivity index (χ1) is 12.3. The number of rotatable bonds is 7. The van der Waals surface area contributed by atoms with Gasteiger partial charge in [0.2, 0.25) is 0 Å². The number of esters is 1. The molecule has 0 spiro atoms. The maximum absolute atomic E-state index is 12.1. The molecule has 138 valence electrons. The monoisotopic (exact) mass is 363 g/mol. The van der Waals surface area contributed by atoms with E-state index in [2.05, 4.69) is 10.1 Å². The van der Waals surface area contributed by atoms with Crippen molar-refractivity contribution in [2.75, 3.05) is 11.9 Å². The van der Waals surface area contributed by atoms with Crippen LogP contribution < -0.4 is 10.1 Å². The molecule has 0 fully saturated rings.